The maximum absolute atomic E-state index is 12.2. The standard InChI is InChI=1S/C15H9N5OS2/c16-12-10(7-9-3-1-5-17-8-9)13(21)18-15-20(12)19-14(23-15)11-4-2-6-22-11/h1-8,16H/b10-7-,16-12?. The number of carbonyl (C=O) groups excluding carboxylic acids is 1. The predicted molar refractivity (Wildman–Crippen MR) is 92.7 cm³/mol. The van der Waals surface area contributed by atoms with E-state index in [0.717, 1.165) is 15.5 Å². The average Bonchev–Trinajstić information content (AvgIpc) is 3.21. The van der Waals surface area contributed by atoms with Crippen LogP contribution in [-0.4, -0.2) is 31.9 Å². The Bertz CT molecular complexity index is 884. The van der Waals surface area contributed by atoms with E-state index in [9.17, 15) is 4.79 Å². The lowest BCUT2D eigenvalue weighted by Crippen LogP contribution is -2.35. The first-order valence-electron chi connectivity index (χ1n) is 6.66. The third kappa shape index (κ3) is 2.51. The smallest absolute Gasteiger partial charge is 0.282 e. The fourth-order valence-corrected chi connectivity index (χ4v) is 3.80. The number of hydrogen-bond donors (Lipinski definition) is 1. The summed E-state index contributed by atoms with van der Waals surface area (Å²) in [7, 11) is 0. The lowest BCUT2D eigenvalue weighted by Gasteiger charge is -2.20. The highest BCUT2D eigenvalue weighted by molar-refractivity contribution is 8.27. The second-order valence-corrected chi connectivity index (χ2v) is 6.59. The normalized spacial score (nSPS) is 19.0. The van der Waals surface area contributed by atoms with E-state index < -0.39 is 5.91 Å². The summed E-state index contributed by atoms with van der Waals surface area (Å²) in [5.41, 5.74) is 0.951. The molecule has 0 unspecified atom stereocenters. The molecule has 0 aliphatic carbocycles. The SMILES string of the molecule is N=C1/C(=C/c2cccnc2)C(=O)N=C2SC(c3cccs3)=NN12. The van der Waals surface area contributed by atoms with Crippen molar-refractivity contribution < 1.29 is 4.79 Å². The van der Waals surface area contributed by atoms with Crippen molar-refractivity contribution in [2.75, 3.05) is 0 Å². The van der Waals surface area contributed by atoms with E-state index in [-0.39, 0.29) is 11.4 Å². The van der Waals surface area contributed by atoms with E-state index in [1.54, 1.807) is 35.9 Å². The predicted octanol–water partition coefficient (Wildman–Crippen LogP) is 2.81. The highest BCUT2D eigenvalue weighted by atomic mass is 32.2. The first kappa shape index (κ1) is 14.0. The van der Waals surface area contributed by atoms with Crippen molar-refractivity contribution in [1.29, 1.82) is 5.41 Å². The molecule has 2 aliphatic rings. The van der Waals surface area contributed by atoms with Gasteiger partial charge in [0, 0.05) is 12.4 Å². The van der Waals surface area contributed by atoms with Crippen molar-refractivity contribution >= 4 is 51.1 Å². The Morgan fingerprint density at radius 3 is 2.91 bits per heavy atom. The van der Waals surface area contributed by atoms with Crippen LogP contribution in [0.2, 0.25) is 0 Å². The monoisotopic (exact) mass is 339 g/mol. The molecular weight excluding hydrogens is 330 g/mol. The molecule has 4 heterocycles. The van der Waals surface area contributed by atoms with Crippen LogP contribution >= 0.6 is 23.1 Å². The summed E-state index contributed by atoms with van der Waals surface area (Å²) in [5, 5.41) is 17.2. The van der Waals surface area contributed by atoms with Gasteiger partial charge in [-0.2, -0.15) is 15.1 Å². The number of thiophene rings is 1. The molecule has 4 rings (SSSR count). The van der Waals surface area contributed by atoms with E-state index in [2.05, 4.69) is 15.1 Å². The number of nitrogens with one attached hydrogen (secondary N) is 1. The summed E-state index contributed by atoms with van der Waals surface area (Å²) in [4.78, 5) is 21.3. The third-order valence-corrected chi connectivity index (χ3v) is 5.13. The molecule has 0 saturated heterocycles. The second kappa shape index (κ2) is 5.56. The van der Waals surface area contributed by atoms with Gasteiger partial charge in [-0.3, -0.25) is 15.2 Å². The lowest BCUT2D eigenvalue weighted by atomic mass is 10.1. The molecule has 0 fully saturated rings. The van der Waals surface area contributed by atoms with Crippen molar-refractivity contribution in [2.24, 2.45) is 10.1 Å². The Morgan fingerprint density at radius 1 is 1.26 bits per heavy atom. The summed E-state index contributed by atoms with van der Waals surface area (Å²) < 4.78 is 0. The Kier molecular flexibility index (Phi) is 3.40. The first-order valence-corrected chi connectivity index (χ1v) is 8.36. The molecule has 0 spiro atoms. The van der Waals surface area contributed by atoms with E-state index in [1.807, 2.05) is 23.6 Å². The molecular formula is C15H9N5OS2. The fraction of sp³-hybridized carbons (Fsp3) is 0. The maximum Gasteiger partial charge on any atom is 0.283 e. The number of aliphatic imine (C=N–C) groups is 1. The average molecular weight is 339 g/mol. The number of carbonyl (C=O) groups is 1. The quantitative estimate of drug-likeness (QED) is 0.853. The zero-order valence-corrected chi connectivity index (χ0v) is 13.3. The Labute approximate surface area is 139 Å². The molecule has 23 heavy (non-hydrogen) atoms. The van der Waals surface area contributed by atoms with Crippen LogP contribution in [-0.2, 0) is 4.79 Å². The van der Waals surface area contributed by atoms with E-state index in [1.165, 1.54) is 16.8 Å². The summed E-state index contributed by atoms with van der Waals surface area (Å²) in [6.07, 6.45) is 4.90. The summed E-state index contributed by atoms with van der Waals surface area (Å²) in [6, 6.07) is 7.48. The Hall–Kier alpha value is -2.58. The minimum absolute atomic E-state index is 0.0305. The fourth-order valence-electron chi connectivity index (χ4n) is 2.12. The van der Waals surface area contributed by atoms with Gasteiger partial charge in [0.2, 0.25) is 5.17 Å². The van der Waals surface area contributed by atoms with Gasteiger partial charge in [-0.15, -0.1) is 11.3 Å². The molecule has 6 nitrogen and oxygen atoms in total. The Balaban J connectivity index is 1.71. The van der Waals surface area contributed by atoms with Gasteiger partial charge in [-0.1, -0.05) is 12.1 Å². The molecule has 0 saturated carbocycles. The highest BCUT2D eigenvalue weighted by Crippen LogP contribution is 2.32. The second-order valence-electron chi connectivity index (χ2n) is 4.69. The molecule has 0 atom stereocenters. The molecule has 2 aromatic rings. The summed E-state index contributed by atoms with van der Waals surface area (Å²) >= 11 is 2.86. The van der Waals surface area contributed by atoms with Crippen molar-refractivity contribution in [3.05, 3.63) is 58.1 Å². The molecule has 2 aliphatic heterocycles. The van der Waals surface area contributed by atoms with Crippen molar-refractivity contribution in [3.63, 3.8) is 0 Å². The summed E-state index contributed by atoms with van der Waals surface area (Å²) in [6.45, 7) is 0. The number of hydrazone groups is 1. The number of thioether (sulfide) groups is 1. The first-order chi connectivity index (χ1) is 11.2. The number of nitrogens with zero attached hydrogens (tertiary/aromatic N) is 4. The minimum atomic E-state index is -0.430. The molecule has 0 radical (unpaired) electrons. The number of pyridine rings is 1. The van der Waals surface area contributed by atoms with Crippen LogP contribution in [0, 0.1) is 5.41 Å². The van der Waals surface area contributed by atoms with Crippen LogP contribution in [0.15, 0.2) is 57.7 Å². The van der Waals surface area contributed by atoms with Gasteiger partial charge in [0.15, 0.2) is 5.84 Å². The van der Waals surface area contributed by atoms with E-state index in [4.69, 9.17) is 5.41 Å². The van der Waals surface area contributed by atoms with Crippen molar-refractivity contribution in [1.82, 2.24) is 9.99 Å². The third-order valence-electron chi connectivity index (χ3n) is 3.18. The number of fused-ring (bicyclic) bond motifs is 1. The number of aromatic nitrogens is 1. The van der Waals surface area contributed by atoms with Crippen LogP contribution in [0.4, 0.5) is 0 Å². The van der Waals surface area contributed by atoms with Crippen LogP contribution in [0.25, 0.3) is 6.08 Å². The molecule has 0 bridgehead atoms. The number of hydrogen-bond acceptors (Lipinski definition) is 6. The zero-order chi connectivity index (χ0) is 15.8. The van der Waals surface area contributed by atoms with Crippen LogP contribution in [0.5, 0.6) is 0 Å². The van der Waals surface area contributed by atoms with Crippen LogP contribution < -0.4 is 0 Å². The van der Waals surface area contributed by atoms with Crippen LogP contribution in [0.3, 0.4) is 0 Å². The minimum Gasteiger partial charge on any atom is -0.282 e. The number of amides is 1. The van der Waals surface area contributed by atoms with E-state index >= 15 is 0 Å². The highest BCUT2D eigenvalue weighted by Gasteiger charge is 2.36. The molecule has 1 amide bonds. The Morgan fingerprint density at radius 2 is 2.17 bits per heavy atom. The molecule has 1 N–H and O–H groups in total. The number of rotatable bonds is 2. The molecule has 2 aromatic heterocycles. The number of amidine groups is 2. The van der Waals surface area contributed by atoms with Gasteiger partial charge in [-0.05, 0) is 40.9 Å². The molecule has 8 heteroatoms. The maximum atomic E-state index is 12.2. The lowest BCUT2D eigenvalue weighted by molar-refractivity contribution is -0.114. The van der Waals surface area contributed by atoms with Gasteiger partial charge in [0.05, 0.1) is 10.5 Å². The van der Waals surface area contributed by atoms with Crippen molar-refractivity contribution in [3.8, 4) is 0 Å². The zero-order valence-electron chi connectivity index (χ0n) is 11.6. The van der Waals surface area contributed by atoms with Gasteiger partial charge < -0.3 is 0 Å². The van der Waals surface area contributed by atoms with Gasteiger partial charge in [-0.25, -0.2) is 0 Å². The molecule has 0 aromatic carbocycles. The van der Waals surface area contributed by atoms with E-state index in [0.29, 0.717) is 5.17 Å². The van der Waals surface area contributed by atoms with Gasteiger partial charge >= 0.3 is 0 Å². The van der Waals surface area contributed by atoms with Gasteiger partial charge in [0.1, 0.15) is 5.04 Å². The van der Waals surface area contributed by atoms with Gasteiger partial charge in [0.25, 0.3) is 5.91 Å². The molecule has 112 valence electrons. The summed E-state index contributed by atoms with van der Waals surface area (Å²) in [5.74, 6) is -0.400. The largest absolute Gasteiger partial charge is 0.283 e. The van der Waals surface area contributed by atoms with Crippen LogP contribution in [0.1, 0.15) is 10.4 Å². The van der Waals surface area contributed by atoms with Crippen molar-refractivity contribution in [2.45, 2.75) is 0 Å². The topological polar surface area (TPSA) is 81.8 Å².